The van der Waals surface area contributed by atoms with Gasteiger partial charge in [-0.15, -0.1) is 0 Å². The van der Waals surface area contributed by atoms with Crippen LogP contribution in [0.2, 0.25) is 0 Å². The van der Waals surface area contributed by atoms with Crippen molar-refractivity contribution in [1.82, 2.24) is 4.98 Å². The largest absolute Gasteiger partial charge is 0.343 e. The zero-order valence-electron chi connectivity index (χ0n) is 8.51. The van der Waals surface area contributed by atoms with E-state index in [1.54, 1.807) is 12.4 Å². The average Bonchev–Trinajstić information content (AvgIpc) is 2.64. The fourth-order valence-corrected chi connectivity index (χ4v) is 1.62. The quantitative estimate of drug-likeness (QED) is 0.734. The van der Waals surface area contributed by atoms with E-state index in [0.717, 1.165) is 5.56 Å². The van der Waals surface area contributed by atoms with Crippen LogP contribution in [0.1, 0.15) is 18.9 Å². The van der Waals surface area contributed by atoms with Gasteiger partial charge < -0.3 is 9.47 Å². The highest BCUT2D eigenvalue weighted by atomic mass is 16.7. The van der Waals surface area contributed by atoms with Gasteiger partial charge in [-0.3, -0.25) is 4.98 Å². The minimum absolute atomic E-state index is 0.139. The van der Waals surface area contributed by atoms with Gasteiger partial charge in [0.1, 0.15) is 0 Å². The number of hydrogen-bond donors (Lipinski definition) is 0. The monoisotopic (exact) mass is 204 g/mol. The van der Waals surface area contributed by atoms with Crippen molar-refractivity contribution in [3.63, 3.8) is 0 Å². The summed E-state index contributed by atoms with van der Waals surface area (Å²) in [5.41, 5.74) is 0.880. The van der Waals surface area contributed by atoms with Crippen LogP contribution in [-0.4, -0.2) is 17.7 Å². The molecule has 0 N–H and O–H groups in total. The van der Waals surface area contributed by atoms with Crippen molar-refractivity contribution in [2.24, 2.45) is 0 Å². The van der Waals surface area contributed by atoms with Crippen molar-refractivity contribution < 1.29 is 9.47 Å². The normalized spacial score (nSPS) is 30.0. The maximum atomic E-state index is 8.57. The molecule has 0 bridgehead atoms. The Labute approximate surface area is 88.5 Å². The second-order valence-electron chi connectivity index (χ2n) is 3.60. The lowest BCUT2D eigenvalue weighted by molar-refractivity contribution is -0.161. The molecule has 2 rings (SSSR count). The maximum absolute atomic E-state index is 8.57. The second-order valence-corrected chi connectivity index (χ2v) is 3.60. The topological polar surface area (TPSA) is 55.1 Å². The van der Waals surface area contributed by atoms with Gasteiger partial charge in [-0.2, -0.15) is 5.26 Å². The molecule has 0 amide bonds. The van der Waals surface area contributed by atoms with E-state index in [9.17, 15) is 0 Å². The first-order valence-electron chi connectivity index (χ1n) is 4.84. The Bertz CT molecular complexity index is 374. The highest BCUT2D eigenvalue weighted by molar-refractivity contribution is 5.15. The summed E-state index contributed by atoms with van der Waals surface area (Å²) in [5, 5.41) is 8.57. The minimum Gasteiger partial charge on any atom is -0.343 e. The van der Waals surface area contributed by atoms with E-state index in [4.69, 9.17) is 14.7 Å². The standard InChI is InChI=1S/C11H12N2O2/c1-11(9-3-2-6-13-7-9)14-8-10(15-11)4-5-12/h2-3,6-7,10H,4,8H2,1H3. The zero-order valence-corrected chi connectivity index (χ0v) is 8.51. The number of hydrogen-bond acceptors (Lipinski definition) is 4. The minimum atomic E-state index is -0.754. The summed E-state index contributed by atoms with van der Waals surface area (Å²) in [6.45, 7) is 2.31. The number of rotatable bonds is 2. The van der Waals surface area contributed by atoms with E-state index in [2.05, 4.69) is 11.1 Å². The number of ether oxygens (including phenoxy) is 2. The smallest absolute Gasteiger partial charge is 0.193 e. The Hall–Kier alpha value is -1.44. The number of nitrogens with zero attached hydrogens (tertiary/aromatic N) is 2. The van der Waals surface area contributed by atoms with Crippen LogP contribution < -0.4 is 0 Å². The van der Waals surface area contributed by atoms with Gasteiger partial charge in [0.05, 0.1) is 25.2 Å². The third-order valence-corrected chi connectivity index (χ3v) is 2.44. The summed E-state index contributed by atoms with van der Waals surface area (Å²) in [7, 11) is 0. The zero-order chi connectivity index (χ0) is 10.7. The van der Waals surface area contributed by atoms with Gasteiger partial charge in [-0.05, 0) is 13.0 Å². The molecule has 0 radical (unpaired) electrons. The van der Waals surface area contributed by atoms with Crippen molar-refractivity contribution >= 4 is 0 Å². The molecular formula is C11H12N2O2. The van der Waals surface area contributed by atoms with Gasteiger partial charge in [-0.1, -0.05) is 6.07 Å². The molecule has 1 aromatic rings. The fraction of sp³-hybridized carbons (Fsp3) is 0.455. The van der Waals surface area contributed by atoms with Gasteiger partial charge in [-0.25, -0.2) is 0 Å². The van der Waals surface area contributed by atoms with Crippen LogP contribution in [0.4, 0.5) is 0 Å². The van der Waals surface area contributed by atoms with E-state index >= 15 is 0 Å². The lowest BCUT2D eigenvalue weighted by Crippen LogP contribution is -2.23. The highest BCUT2D eigenvalue weighted by Gasteiger charge is 2.38. The first kappa shape index (κ1) is 10.1. The van der Waals surface area contributed by atoms with Crippen LogP contribution in [0.15, 0.2) is 24.5 Å². The molecule has 1 aromatic heterocycles. The molecule has 0 spiro atoms. The molecule has 0 aromatic carbocycles. The van der Waals surface area contributed by atoms with E-state index in [1.807, 2.05) is 19.1 Å². The molecule has 4 heteroatoms. The summed E-state index contributed by atoms with van der Waals surface area (Å²) in [6.07, 6.45) is 3.64. The molecule has 15 heavy (non-hydrogen) atoms. The lowest BCUT2D eigenvalue weighted by Gasteiger charge is -2.22. The predicted octanol–water partition coefficient (Wildman–Crippen LogP) is 1.58. The molecule has 1 aliphatic rings. The molecule has 4 nitrogen and oxygen atoms in total. The van der Waals surface area contributed by atoms with E-state index in [1.165, 1.54) is 0 Å². The van der Waals surface area contributed by atoms with Gasteiger partial charge in [0.2, 0.25) is 0 Å². The van der Waals surface area contributed by atoms with Gasteiger partial charge >= 0.3 is 0 Å². The predicted molar refractivity (Wildman–Crippen MR) is 52.6 cm³/mol. The van der Waals surface area contributed by atoms with Crippen molar-refractivity contribution in [3.05, 3.63) is 30.1 Å². The van der Waals surface area contributed by atoms with Crippen LogP contribution in [0.25, 0.3) is 0 Å². The van der Waals surface area contributed by atoms with Crippen LogP contribution >= 0.6 is 0 Å². The molecule has 1 aliphatic heterocycles. The van der Waals surface area contributed by atoms with Crippen molar-refractivity contribution in [3.8, 4) is 6.07 Å². The van der Waals surface area contributed by atoms with Crippen molar-refractivity contribution in [2.45, 2.75) is 25.2 Å². The van der Waals surface area contributed by atoms with Crippen LogP contribution in [0.3, 0.4) is 0 Å². The Morgan fingerprint density at radius 1 is 1.73 bits per heavy atom. The molecular weight excluding hydrogens is 192 g/mol. The molecule has 78 valence electrons. The van der Waals surface area contributed by atoms with Gasteiger partial charge in [0.15, 0.2) is 5.79 Å². The Morgan fingerprint density at radius 3 is 3.27 bits per heavy atom. The Morgan fingerprint density at radius 2 is 2.60 bits per heavy atom. The second kappa shape index (κ2) is 3.97. The number of pyridine rings is 1. The molecule has 0 aliphatic carbocycles. The van der Waals surface area contributed by atoms with Gasteiger partial charge in [0.25, 0.3) is 0 Å². The van der Waals surface area contributed by atoms with E-state index in [0.29, 0.717) is 13.0 Å². The fourth-order valence-electron chi connectivity index (χ4n) is 1.62. The Balaban J connectivity index is 2.14. The average molecular weight is 204 g/mol. The SMILES string of the molecule is CC1(c2cccnc2)OCC(CC#N)O1. The van der Waals surface area contributed by atoms with E-state index < -0.39 is 5.79 Å². The summed E-state index contributed by atoms with van der Waals surface area (Å²) in [5.74, 6) is -0.754. The maximum Gasteiger partial charge on any atom is 0.193 e. The summed E-state index contributed by atoms with van der Waals surface area (Å²) >= 11 is 0. The third kappa shape index (κ3) is 1.99. The third-order valence-electron chi connectivity index (χ3n) is 2.44. The van der Waals surface area contributed by atoms with E-state index in [-0.39, 0.29) is 6.10 Å². The number of nitriles is 1. The molecule has 2 heterocycles. The van der Waals surface area contributed by atoms with Crippen molar-refractivity contribution in [2.75, 3.05) is 6.61 Å². The summed E-state index contributed by atoms with van der Waals surface area (Å²) in [4.78, 5) is 4.02. The molecule has 2 unspecified atom stereocenters. The molecule has 2 atom stereocenters. The first-order chi connectivity index (χ1) is 7.24. The lowest BCUT2D eigenvalue weighted by atomic mass is 10.1. The van der Waals surface area contributed by atoms with Crippen LogP contribution in [-0.2, 0) is 15.3 Å². The number of aromatic nitrogens is 1. The van der Waals surface area contributed by atoms with Gasteiger partial charge in [0, 0.05) is 18.0 Å². The van der Waals surface area contributed by atoms with Crippen LogP contribution in [0, 0.1) is 11.3 Å². The molecule has 1 fully saturated rings. The Kier molecular flexibility index (Phi) is 2.67. The summed E-state index contributed by atoms with van der Waals surface area (Å²) in [6, 6.07) is 5.82. The van der Waals surface area contributed by atoms with Crippen molar-refractivity contribution in [1.29, 1.82) is 5.26 Å². The highest BCUT2D eigenvalue weighted by Crippen LogP contribution is 2.33. The summed E-state index contributed by atoms with van der Waals surface area (Å²) < 4.78 is 11.3. The molecule has 1 saturated heterocycles. The van der Waals surface area contributed by atoms with Crippen LogP contribution in [0.5, 0.6) is 0 Å². The molecule has 0 saturated carbocycles. The first-order valence-corrected chi connectivity index (χ1v) is 4.84.